The maximum Gasteiger partial charge on any atom is 0.405 e. The van der Waals surface area contributed by atoms with Crippen LogP contribution in [0.2, 0.25) is 0 Å². The Kier molecular flexibility index (Phi) is 9.59. The lowest BCUT2D eigenvalue weighted by Crippen LogP contribution is -2.50. The first-order valence-electron chi connectivity index (χ1n) is 14.2. The van der Waals surface area contributed by atoms with E-state index in [4.69, 9.17) is 0 Å². The van der Waals surface area contributed by atoms with Crippen molar-refractivity contribution in [2.24, 2.45) is 17.8 Å². The van der Waals surface area contributed by atoms with E-state index in [0.29, 0.717) is 17.5 Å². The van der Waals surface area contributed by atoms with Gasteiger partial charge in [0.25, 0.3) is 5.91 Å². The van der Waals surface area contributed by atoms with Gasteiger partial charge in [-0.3, -0.25) is 24.0 Å². The van der Waals surface area contributed by atoms with Crippen LogP contribution in [-0.2, 0) is 16.0 Å². The van der Waals surface area contributed by atoms with Crippen molar-refractivity contribution >= 4 is 23.4 Å². The highest BCUT2D eigenvalue weighted by atomic mass is 19.4. The fourth-order valence-corrected chi connectivity index (χ4v) is 5.38. The van der Waals surface area contributed by atoms with Gasteiger partial charge in [-0.1, -0.05) is 6.07 Å². The molecule has 1 aromatic heterocycles. The maximum atomic E-state index is 15.1. The molecule has 42 heavy (non-hydrogen) atoms. The van der Waals surface area contributed by atoms with Gasteiger partial charge in [0.2, 0.25) is 11.8 Å². The molecule has 13 heteroatoms. The van der Waals surface area contributed by atoms with E-state index in [9.17, 15) is 27.6 Å². The topological polar surface area (TPSA) is 108 Å². The molecule has 2 atom stereocenters. The first kappa shape index (κ1) is 31.5. The minimum Gasteiger partial charge on any atom is -0.354 e. The molecule has 0 bridgehead atoms. The SMILES string of the molecule is CC(C)n1nccc1C(=O)NC(C(=O)Nc1ccc(CC(=O)NCC(N(C)C)C(F)(F)F)cc1F)C(C1CC1)C1CC1. The number of nitrogens with one attached hydrogen (secondary N) is 3. The standard InChI is InChI=1S/C29H38F4N6O3/c1-16(2)39-22(11-12-35-39)27(41)37-26(25(18-6-7-18)19-8-9-19)28(42)36-21-10-5-17(13-20(21)30)14-24(40)34-15-23(38(3)4)29(31,32)33/h5,10-13,16,18-19,23,25-26H,6-9,14-15H2,1-4H3,(H,34,40)(H,36,42)(H,37,41). The summed E-state index contributed by atoms with van der Waals surface area (Å²) in [4.78, 5) is 40.1. The second kappa shape index (κ2) is 12.8. The van der Waals surface area contributed by atoms with Crippen LogP contribution in [0.1, 0.15) is 61.6 Å². The van der Waals surface area contributed by atoms with Gasteiger partial charge >= 0.3 is 6.18 Å². The van der Waals surface area contributed by atoms with Gasteiger partial charge in [-0.05, 0) is 95.1 Å². The summed E-state index contributed by atoms with van der Waals surface area (Å²) in [5.74, 6) is -1.92. The van der Waals surface area contributed by atoms with Crippen LogP contribution in [-0.4, -0.2) is 71.3 Å². The Morgan fingerprint density at radius 3 is 2.24 bits per heavy atom. The minimum absolute atomic E-state index is 0.0653. The lowest BCUT2D eigenvalue weighted by Gasteiger charge is -2.28. The number of carbonyl (C=O) groups excluding carboxylic acids is 3. The van der Waals surface area contributed by atoms with Crippen LogP contribution in [0.3, 0.4) is 0 Å². The molecule has 2 fully saturated rings. The van der Waals surface area contributed by atoms with Crippen molar-refractivity contribution in [2.75, 3.05) is 26.0 Å². The third-order valence-corrected chi connectivity index (χ3v) is 7.83. The van der Waals surface area contributed by atoms with E-state index in [2.05, 4.69) is 21.0 Å². The van der Waals surface area contributed by atoms with Crippen molar-refractivity contribution in [3.63, 3.8) is 0 Å². The number of rotatable bonds is 13. The summed E-state index contributed by atoms with van der Waals surface area (Å²) in [6.07, 6.45) is 0.534. The molecule has 1 heterocycles. The lowest BCUT2D eigenvalue weighted by atomic mass is 9.88. The number of aromatic nitrogens is 2. The van der Waals surface area contributed by atoms with Crippen molar-refractivity contribution in [3.05, 3.63) is 47.5 Å². The summed E-state index contributed by atoms with van der Waals surface area (Å²) < 4.78 is 56.1. The molecule has 0 spiro atoms. The monoisotopic (exact) mass is 594 g/mol. The summed E-state index contributed by atoms with van der Waals surface area (Å²) >= 11 is 0. The van der Waals surface area contributed by atoms with Gasteiger partial charge in [0.05, 0.1) is 12.1 Å². The number of hydrogen-bond acceptors (Lipinski definition) is 5. The number of carbonyl (C=O) groups is 3. The van der Waals surface area contributed by atoms with Crippen molar-refractivity contribution < 1.29 is 31.9 Å². The molecular weight excluding hydrogens is 556 g/mol. The Labute approximate surface area is 242 Å². The molecule has 9 nitrogen and oxygen atoms in total. The van der Waals surface area contributed by atoms with E-state index >= 15 is 4.39 Å². The maximum absolute atomic E-state index is 15.1. The summed E-state index contributed by atoms with van der Waals surface area (Å²) in [5.41, 5.74) is 0.442. The van der Waals surface area contributed by atoms with E-state index < -0.39 is 48.3 Å². The van der Waals surface area contributed by atoms with E-state index in [1.807, 2.05) is 13.8 Å². The zero-order valence-corrected chi connectivity index (χ0v) is 24.2. The molecule has 2 aliphatic rings. The van der Waals surface area contributed by atoms with E-state index in [1.165, 1.54) is 32.4 Å². The Morgan fingerprint density at radius 1 is 1.07 bits per heavy atom. The molecule has 1 aromatic carbocycles. The van der Waals surface area contributed by atoms with E-state index in [0.717, 1.165) is 36.6 Å². The molecule has 2 aromatic rings. The van der Waals surface area contributed by atoms with E-state index in [1.54, 1.807) is 10.7 Å². The fraction of sp³-hybridized carbons (Fsp3) is 0.586. The Bertz CT molecular complexity index is 1270. The molecule has 0 saturated heterocycles. The molecule has 3 N–H and O–H groups in total. The van der Waals surface area contributed by atoms with Crippen molar-refractivity contribution in [3.8, 4) is 0 Å². The summed E-state index contributed by atoms with van der Waals surface area (Å²) in [7, 11) is 2.53. The predicted octanol–water partition coefficient (Wildman–Crippen LogP) is 3.93. The van der Waals surface area contributed by atoms with Crippen LogP contribution in [0.25, 0.3) is 0 Å². The average molecular weight is 595 g/mol. The van der Waals surface area contributed by atoms with Crippen LogP contribution in [0.5, 0.6) is 0 Å². The minimum atomic E-state index is -4.52. The predicted molar refractivity (Wildman–Crippen MR) is 148 cm³/mol. The Hall–Kier alpha value is -3.48. The number of halogens is 4. The third kappa shape index (κ3) is 7.87. The van der Waals surface area contributed by atoms with Gasteiger partial charge in [0, 0.05) is 18.8 Å². The lowest BCUT2D eigenvalue weighted by molar-refractivity contribution is -0.176. The zero-order chi connectivity index (χ0) is 30.8. The highest BCUT2D eigenvalue weighted by Gasteiger charge is 2.48. The number of hydrogen-bond donors (Lipinski definition) is 3. The number of likely N-dealkylation sites (N-methyl/N-ethyl adjacent to an activating group) is 1. The van der Waals surface area contributed by atoms with Crippen molar-refractivity contribution in [2.45, 2.75) is 70.3 Å². The van der Waals surface area contributed by atoms with Gasteiger partial charge < -0.3 is 16.0 Å². The summed E-state index contributed by atoms with van der Waals surface area (Å²) in [6, 6.07) is 2.59. The van der Waals surface area contributed by atoms with Gasteiger partial charge in [-0.25, -0.2) is 4.39 Å². The molecule has 0 aliphatic heterocycles. The van der Waals surface area contributed by atoms with Gasteiger partial charge in [0.15, 0.2) is 0 Å². The Morgan fingerprint density at radius 2 is 1.71 bits per heavy atom. The number of anilines is 1. The van der Waals surface area contributed by atoms with Crippen LogP contribution < -0.4 is 16.0 Å². The van der Waals surface area contributed by atoms with Crippen LogP contribution in [0, 0.1) is 23.6 Å². The normalized spacial score (nSPS) is 16.9. The molecule has 0 radical (unpaired) electrons. The smallest absolute Gasteiger partial charge is 0.354 e. The first-order valence-corrected chi connectivity index (χ1v) is 14.2. The molecule has 2 aliphatic carbocycles. The van der Waals surface area contributed by atoms with Gasteiger partial charge in [0.1, 0.15) is 23.6 Å². The average Bonchev–Trinajstić information content (AvgIpc) is 3.83. The second-order valence-corrected chi connectivity index (χ2v) is 11.8. The van der Waals surface area contributed by atoms with Gasteiger partial charge in [-0.15, -0.1) is 0 Å². The van der Waals surface area contributed by atoms with Crippen molar-refractivity contribution in [1.82, 2.24) is 25.3 Å². The number of benzene rings is 1. The number of nitrogens with zero attached hydrogens (tertiary/aromatic N) is 3. The number of amides is 3. The molecule has 2 saturated carbocycles. The van der Waals surface area contributed by atoms with Crippen LogP contribution in [0.4, 0.5) is 23.2 Å². The van der Waals surface area contributed by atoms with Crippen LogP contribution in [0.15, 0.2) is 30.5 Å². The van der Waals surface area contributed by atoms with Gasteiger partial charge in [-0.2, -0.15) is 18.3 Å². The first-order chi connectivity index (χ1) is 19.8. The second-order valence-electron chi connectivity index (χ2n) is 11.8. The van der Waals surface area contributed by atoms with E-state index in [-0.39, 0.29) is 29.6 Å². The van der Waals surface area contributed by atoms with Crippen molar-refractivity contribution in [1.29, 1.82) is 0 Å². The largest absolute Gasteiger partial charge is 0.405 e. The molecule has 4 rings (SSSR count). The number of alkyl halides is 3. The third-order valence-electron chi connectivity index (χ3n) is 7.83. The Balaban J connectivity index is 1.44. The molecule has 3 amide bonds. The zero-order valence-electron chi connectivity index (χ0n) is 24.2. The highest BCUT2D eigenvalue weighted by molar-refractivity contribution is 6.01. The fourth-order valence-electron chi connectivity index (χ4n) is 5.38. The summed E-state index contributed by atoms with van der Waals surface area (Å²) in [5, 5.41) is 12.0. The molecule has 230 valence electrons. The molecule has 2 unspecified atom stereocenters. The summed E-state index contributed by atoms with van der Waals surface area (Å²) in [6.45, 7) is 3.15. The quantitative estimate of drug-likeness (QED) is 0.305. The molecular formula is C29H38F4N6O3. The van der Waals surface area contributed by atoms with Crippen LogP contribution >= 0.6 is 0 Å². The highest BCUT2D eigenvalue weighted by Crippen LogP contribution is 2.51.